The Bertz CT molecular complexity index is 837. The Hall–Kier alpha value is -1.38. The molecule has 1 saturated heterocycles. The molecule has 1 aliphatic heterocycles. The first-order valence-corrected chi connectivity index (χ1v) is 10.5. The molecule has 0 aromatic rings. The molecular formula is C22H29NO6. The lowest BCUT2D eigenvalue weighted by Crippen LogP contribution is -2.63. The first-order chi connectivity index (χ1) is 13.7. The van der Waals surface area contributed by atoms with Gasteiger partial charge in [-0.05, 0) is 49.7 Å². The van der Waals surface area contributed by atoms with Crippen molar-refractivity contribution in [3.05, 3.63) is 23.8 Å². The number of aliphatic hydroxyl groups excluding tert-OH is 2. The number of ketones is 2. The number of aliphatic hydroxyl groups is 2. The molecule has 158 valence electrons. The molecular weight excluding hydrogens is 374 g/mol. The van der Waals surface area contributed by atoms with Crippen LogP contribution in [0, 0.1) is 28.6 Å². The van der Waals surface area contributed by atoms with E-state index in [1.807, 2.05) is 13.0 Å². The summed E-state index contributed by atoms with van der Waals surface area (Å²) in [5.41, 5.74) is -1.18. The Kier molecular flexibility index (Phi) is 4.10. The molecule has 5 unspecified atom stereocenters. The highest BCUT2D eigenvalue weighted by atomic mass is 17.0. The van der Waals surface area contributed by atoms with Gasteiger partial charge in [0.2, 0.25) is 0 Å². The van der Waals surface area contributed by atoms with Gasteiger partial charge in [0.05, 0.1) is 6.10 Å². The number of allylic oxidation sites excluding steroid dienone is 4. The maximum Gasteiger partial charge on any atom is 0.195 e. The van der Waals surface area contributed by atoms with Crippen molar-refractivity contribution in [1.29, 1.82) is 0 Å². The van der Waals surface area contributed by atoms with Gasteiger partial charge in [-0.2, -0.15) is 0 Å². The summed E-state index contributed by atoms with van der Waals surface area (Å²) < 4.78 is 0. The predicted octanol–water partition coefficient (Wildman–Crippen LogP) is 1.35. The molecule has 5 rings (SSSR count). The molecule has 2 N–H and O–H groups in total. The summed E-state index contributed by atoms with van der Waals surface area (Å²) >= 11 is 0. The van der Waals surface area contributed by atoms with Gasteiger partial charge in [0.25, 0.3) is 0 Å². The Morgan fingerprint density at radius 1 is 1.38 bits per heavy atom. The summed E-state index contributed by atoms with van der Waals surface area (Å²) in [4.78, 5) is 36.8. The summed E-state index contributed by atoms with van der Waals surface area (Å²) in [7, 11) is 1.62. The van der Waals surface area contributed by atoms with E-state index in [2.05, 4.69) is 6.92 Å². The SMILES string of the molecule is CN1OC2CC3C4CCC5=CC(=O)C=C[C@]5(C)C4[C@@H](O)C[C@]3(C)C2(C(=O)CO)O1. The molecule has 29 heavy (non-hydrogen) atoms. The van der Waals surface area contributed by atoms with Gasteiger partial charge in [0, 0.05) is 23.8 Å². The molecule has 5 aliphatic rings. The van der Waals surface area contributed by atoms with E-state index in [4.69, 9.17) is 9.68 Å². The molecule has 0 radical (unpaired) electrons. The minimum absolute atomic E-state index is 0.0128. The van der Waals surface area contributed by atoms with Crippen LogP contribution < -0.4 is 0 Å². The first kappa shape index (κ1) is 19.6. The maximum atomic E-state index is 13.0. The number of Topliss-reactive ketones (excluding diaryl/α,β-unsaturated/α-hetero) is 1. The van der Waals surface area contributed by atoms with Crippen molar-refractivity contribution in [2.45, 2.75) is 57.3 Å². The van der Waals surface area contributed by atoms with Crippen LogP contribution in [0.2, 0.25) is 0 Å². The van der Waals surface area contributed by atoms with E-state index in [0.717, 1.165) is 18.4 Å². The number of carbonyl (C=O) groups is 2. The van der Waals surface area contributed by atoms with Crippen molar-refractivity contribution in [3.63, 3.8) is 0 Å². The average molecular weight is 403 g/mol. The summed E-state index contributed by atoms with van der Waals surface area (Å²) in [6.45, 7) is 3.52. The lowest BCUT2D eigenvalue weighted by Gasteiger charge is -2.59. The van der Waals surface area contributed by atoms with Gasteiger partial charge in [-0.1, -0.05) is 30.7 Å². The van der Waals surface area contributed by atoms with Crippen LogP contribution in [0.15, 0.2) is 23.8 Å². The number of hydroxylamine groups is 2. The Balaban J connectivity index is 1.59. The number of hydrogen-bond donors (Lipinski definition) is 2. The van der Waals surface area contributed by atoms with Crippen LogP contribution in [0.3, 0.4) is 0 Å². The largest absolute Gasteiger partial charge is 0.393 e. The molecule has 0 aromatic carbocycles. The van der Waals surface area contributed by atoms with Gasteiger partial charge in [-0.15, -0.1) is 0 Å². The third-order valence-corrected chi connectivity index (χ3v) is 8.76. The van der Waals surface area contributed by atoms with Crippen LogP contribution in [0.5, 0.6) is 0 Å². The predicted molar refractivity (Wildman–Crippen MR) is 102 cm³/mol. The average Bonchev–Trinajstić information content (AvgIpc) is 3.12. The Labute approximate surface area is 170 Å². The second kappa shape index (κ2) is 6.08. The molecule has 7 heteroatoms. The Morgan fingerprint density at radius 3 is 2.86 bits per heavy atom. The van der Waals surface area contributed by atoms with E-state index < -0.39 is 29.8 Å². The topological polar surface area (TPSA) is 96.3 Å². The van der Waals surface area contributed by atoms with E-state index >= 15 is 0 Å². The normalized spacial score (nSPS) is 51.1. The number of fused-ring (bicyclic) bond motifs is 7. The summed E-state index contributed by atoms with van der Waals surface area (Å²) in [6.07, 6.45) is 6.91. The van der Waals surface area contributed by atoms with Gasteiger partial charge < -0.3 is 10.2 Å². The fourth-order valence-electron chi connectivity index (χ4n) is 7.65. The Morgan fingerprint density at radius 2 is 2.14 bits per heavy atom. The first-order valence-electron chi connectivity index (χ1n) is 10.5. The van der Waals surface area contributed by atoms with Crippen molar-refractivity contribution in [3.8, 4) is 0 Å². The summed E-state index contributed by atoms with van der Waals surface area (Å²) in [5.74, 6) is -0.0976. The lowest BCUT2D eigenvalue weighted by molar-refractivity contribution is -0.328. The fourth-order valence-corrected chi connectivity index (χ4v) is 7.65. The zero-order chi connectivity index (χ0) is 20.8. The zero-order valence-electron chi connectivity index (χ0n) is 17.1. The molecule has 4 fully saturated rings. The van der Waals surface area contributed by atoms with Crippen LogP contribution in [0.25, 0.3) is 0 Å². The molecule has 0 bridgehead atoms. The number of nitrogens with zero attached hydrogens (tertiary/aromatic N) is 1. The zero-order valence-corrected chi connectivity index (χ0v) is 17.1. The third kappa shape index (κ3) is 2.25. The second-order valence-electron chi connectivity index (χ2n) is 9.89. The van der Waals surface area contributed by atoms with E-state index in [9.17, 15) is 19.8 Å². The van der Waals surface area contributed by atoms with Crippen LogP contribution in [-0.4, -0.2) is 58.5 Å². The summed E-state index contributed by atoms with van der Waals surface area (Å²) in [5, 5.41) is 22.4. The van der Waals surface area contributed by atoms with E-state index in [0.29, 0.717) is 12.8 Å². The maximum absolute atomic E-state index is 13.0. The molecule has 7 nitrogen and oxygen atoms in total. The van der Waals surface area contributed by atoms with Crippen molar-refractivity contribution in [1.82, 2.24) is 5.23 Å². The second-order valence-corrected chi connectivity index (χ2v) is 9.89. The number of carbonyl (C=O) groups excluding carboxylic acids is 2. The molecule has 0 amide bonds. The standard InChI is InChI=1S/C22H29NO6/c1-20-7-6-13(25)8-12(20)4-5-14-15-9-18-22(17(27)11-24,29-23(3)28-18)21(15,2)10-16(26)19(14)20/h6-8,14-16,18-19,24,26H,4-5,9-11H2,1-3H3/t14?,15?,16-,18?,19?,20-,21-,22?/m0/s1. The highest BCUT2D eigenvalue weighted by Gasteiger charge is 2.76. The fraction of sp³-hybridized carbons (Fsp3) is 0.727. The summed E-state index contributed by atoms with van der Waals surface area (Å²) in [6, 6.07) is 0. The molecule has 3 saturated carbocycles. The number of rotatable bonds is 2. The highest BCUT2D eigenvalue weighted by molar-refractivity contribution is 6.01. The van der Waals surface area contributed by atoms with Crippen molar-refractivity contribution < 1.29 is 29.5 Å². The molecule has 8 atom stereocenters. The van der Waals surface area contributed by atoms with Crippen molar-refractivity contribution in [2.24, 2.45) is 28.6 Å². The van der Waals surface area contributed by atoms with Gasteiger partial charge in [-0.25, -0.2) is 0 Å². The van der Waals surface area contributed by atoms with Crippen molar-refractivity contribution in [2.75, 3.05) is 13.7 Å². The van der Waals surface area contributed by atoms with E-state index in [1.165, 1.54) is 5.23 Å². The van der Waals surface area contributed by atoms with Crippen LogP contribution in [0.1, 0.15) is 39.5 Å². The monoisotopic (exact) mass is 403 g/mol. The quantitative estimate of drug-likeness (QED) is 0.718. The van der Waals surface area contributed by atoms with Gasteiger partial charge in [0.15, 0.2) is 17.2 Å². The number of hydrogen-bond acceptors (Lipinski definition) is 7. The van der Waals surface area contributed by atoms with Gasteiger partial charge >= 0.3 is 0 Å². The highest BCUT2D eigenvalue weighted by Crippen LogP contribution is 2.69. The third-order valence-electron chi connectivity index (χ3n) is 8.76. The van der Waals surface area contributed by atoms with Gasteiger partial charge in [-0.3, -0.25) is 19.3 Å². The van der Waals surface area contributed by atoms with Crippen LogP contribution >= 0.6 is 0 Å². The minimum Gasteiger partial charge on any atom is -0.393 e. The van der Waals surface area contributed by atoms with E-state index in [1.54, 1.807) is 19.2 Å². The molecule has 0 aromatic heterocycles. The lowest BCUT2D eigenvalue weighted by atomic mass is 9.46. The molecule has 1 heterocycles. The minimum atomic E-state index is -1.28. The van der Waals surface area contributed by atoms with Gasteiger partial charge in [0.1, 0.15) is 12.7 Å². The van der Waals surface area contributed by atoms with Crippen LogP contribution in [0.4, 0.5) is 0 Å². The molecule has 0 spiro atoms. The van der Waals surface area contributed by atoms with Crippen LogP contribution in [-0.2, 0) is 19.3 Å². The molecule has 4 aliphatic carbocycles. The smallest absolute Gasteiger partial charge is 0.195 e. The van der Waals surface area contributed by atoms with Crippen molar-refractivity contribution >= 4 is 11.6 Å². The van der Waals surface area contributed by atoms with E-state index in [-0.39, 0.29) is 34.7 Å².